The Labute approximate surface area is 117 Å². The Bertz CT molecular complexity index is 629. The number of nitrogens with zero attached hydrogens (tertiary/aromatic N) is 2. The fourth-order valence-electron chi connectivity index (χ4n) is 3.99. The van der Waals surface area contributed by atoms with Crippen molar-refractivity contribution in [2.75, 3.05) is 7.11 Å². The number of ketones is 1. The number of benzene rings is 1. The van der Waals surface area contributed by atoms with E-state index < -0.39 is 5.54 Å². The third-order valence-corrected chi connectivity index (χ3v) is 4.93. The Morgan fingerprint density at radius 2 is 2.05 bits per heavy atom. The molecule has 0 saturated carbocycles. The molecule has 20 heavy (non-hydrogen) atoms. The maximum absolute atomic E-state index is 12.7. The number of Topliss-reactive ketones (excluding diaryl/α,β-unsaturated/α-hetero) is 1. The predicted octanol–water partition coefficient (Wildman–Crippen LogP) is 0.527. The molecule has 1 aromatic rings. The highest BCUT2D eigenvalue weighted by molar-refractivity contribution is 6.16. The molecule has 104 valence electrons. The molecule has 1 unspecified atom stereocenters. The second-order valence-corrected chi connectivity index (χ2v) is 5.75. The second-order valence-electron chi connectivity index (χ2n) is 5.75. The highest BCUT2D eigenvalue weighted by atomic mass is 16.7. The summed E-state index contributed by atoms with van der Waals surface area (Å²) in [4.78, 5) is 31.9. The molecule has 0 aliphatic carbocycles. The van der Waals surface area contributed by atoms with E-state index in [1.807, 2.05) is 17.0 Å². The van der Waals surface area contributed by atoms with Crippen molar-refractivity contribution in [2.45, 2.75) is 37.5 Å². The summed E-state index contributed by atoms with van der Waals surface area (Å²) in [6, 6.07) is 8.07. The fraction of sp³-hybridized carbons (Fsp3) is 0.467. The van der Waals surface area contributed by atoms with Gasteiger partial charge in [-0.15, -0.1) is 0 Å². The van der Waals surface area contributed by atoms with Gasteiger partial charge in [-0.1, -0.05) is 24.3 Å². The highest BCUT2D eigenvalue weighted by Crippen LogP contribution is 2.54. The van der Waals surface area contributed by atoms with E-state index in [4.69, 9.17) is 4.84 Å². The van der Waals surface area contributed by atoms with E-state index in [-0.39, 0.29) is 23.8 Å². The van der Waals surface area contributed by atoms with Gasteiger partial charge >= 0.3 is 0 Å². The summed E-state index contributed by atoms with van der Waals surface area (Å²) in [5, 5.41) is 1.58. The molecule has 3 aliphatic heterocycles. The van der Waals surface area contributed by atoms with Crippen LogP contribution < -0.4 is 0 Å². The van der Waals surface area contributed by atoms with E-state index in [0.717, 1.165) is 6.42 Å². The number of carbonyl (C=O) groups excluding carboxylic acids is 2. The van der Waals surface area contributed by atoms with E-state index in [9.17, 15) is 9.59 Å². The molecule has 2 saturated heterocycles. The zero-order valence-electron chi connectivity index (χ0n) is 11.5. The quantitative estimate of drug-likeness (QED) is 0.582. The third kappa shape index (κ3) is 1.16. The lowest BCUT2D eigenvalue weighted by Gasteiger charge is -2.35. The van der Waals surface area contributed by atoms with Crippen molar-refractivity contribution in [2.24, 2.45) is 0 Å². The number of hydrogen-bond acceptors (Lipinski definition) is 4. The van der Waals surface area contributed by atoms with Crippen molar-refractivity contribution in [3.05, 3.63) is 35.4 Å². The molecule has 0 N–H and O–H groups in total. The summed E-state index contributed by atoms with van der Waals surface area (Å²) in [7, 11) is 1.53. The van der Waals surface area contributed by atoms with Crippen molar-refractivity contribution in [1.82, 2.24) is 9.96 Å². The zero-order valence-corrected chi connectivity index (χ0v) is 11.5. The monoisotopic (exact) mass is 272 g/mol. The van der Waals surface area contributed by atoms with Crippen molar-refractivity contribution in [3.63, 3.8) is 0 Å². The lowest BCUT2D eigenvalue weighted by atomic mass is 9.93. The van der Waals surface area contributed by atoms with Gasteiger partial charge in [0.25, 0.3) is 5.91 Å². The number of carbonyl (C=O) groups is 2. The Morgan fingerprint density at radius 3 is 2.70 bits per heavy atom. The SMILES string of the molecule is CON1[C@@H]2[C@H]3Cc4ccccc4CN3C(=O)[C@@]21C(C)=O. The van der Waals surface area contributed by atoms with Crippen LogP contribution >= 0.6 is 0 Å². The molecule has 1 aromatic carbocycles. The first-order valence-electron chi connectivity index (χ1n) is 6.84. The normalized spacial score (nSPS) is 37.2. The number of hydroxylamine groups is 2. The maximum atomic E-state index is 12.7. The average Bonchev–Trinajstić information content (AvgIpc) is 3.08. The highest BCUT2D eigenvalue weighted by Gasteiger charge is 2.81. The Balaban J connectivity index is 1.76. The molecule has 4 atom stereocenters. The van der Waals surface area contributed by atoms with Crippen LogP contribution in [0.15, 0.2) is 24.3 Å². The van der Waals surface area contributed by atoms with Crippen LogP contribution in [0.3, 0.4) is 0 Å². The number of amides is 1. The largest absolute Gasteiger partial charge is 0.331 e. The first-order chi connectivity index (χ1) is 9.62. The van der Waals surface area contributed by atoms with Crippen LogP contribution in [0.2, 0.25) is 0 Å². The van der Waals surface area contributed by atoms with Gasteiger partial charge in [0.1, 0.15) is 0 Å². The van der Waals surface area contributed by atoms with Crippen LogP contribution in [-0.4, -0.2) is 46.4 Å². The molecule has 5 heteroatoms. The summed E-state index contributed by atoms with van der Waals surface area (Å²) < 4.78 is 0. The van der Waals surface area contributed by atoms with Crippen molar-refractivity contribution in [1.29, 1.82) is 0 Å². The van der Waals surface area contributed by atoms with E-state index in [2.05, 4.69) is 12.1 Å². The number of rotatable bonds is 2. The van der Waals surface area contributed by atoms with Crippen LogP contribution in [0.25, 0.3) is 0 Å². The smallest absolute Gasteiger partial charge is 0.255 e. The fourth-order valence-corrected chi connectivity index (χ4v) is 3.99. The second kappa shape index (κ2) is 3.68. The molecule has 3 aliphatic rings. The zero-order chi connectivity index (χ0) is 14.1. The molecule has 5 nitrogen and oxygen atoms in total. The molecule has 0 aromatic heterocycles. The van der Waals surface area contributed by atoms with Crippen molar-refractivity contribution < 1.29 is 14.4 Å². The van der Waals surface area contributed by atoms with Gasteiger partial charge in [-0.25, -0.2) is 0 Å². The first kappa shape index (κ1) is 12.1. The predicted molar refractivity (Wildman–Crippen MR) is 70.5 cm³/mol. The van der Waals surface area contributed by atoms with Crippen LogP contribution in [-0.2, 0) is 27.4 Å². The molecule has 0 radical (unpaired) electrons. The third-order valence-electron chi connectivity index (χ3n) is 4.93. The van der Waals surface area contributed by atoms with Gasteiger partial charge in [0.15, 0.2) is 5.78 Å². The summed E-state index contributed by atoms with van der Waals surface area (Å²) in [6.45, 7) is 2.08. The van der Waals surface area contributed by atoms with Gasteiger partial charge in [0, 0.05) is 6.54 Å². The first-order valence-corrected chi connectivity index (χ1v) is 6.84. The number of fused-ring (bicyclic) bond motifs is 4. The van der Waals surface area contributed by atoms with Gasteiger partial charge in [0.2, 0.25) is 5.54 Å². The van der Waals surface area contributed by atoms with E-state index in [1.165, 1.54) is 25.2 Å². The average molecular weight is 272 g/mol. The standard InChI is InChI=1S/C15H16N2O3/c1-9(18)15-13(17(15)20-2)12-7-10-5-3-4-6-11(10)8-16(12)14(15)19/h3-6,12-13H,7-8H2,1-2H3/t12-,13-,15-,17?/m1/s1. The Kier molecular flexibility index (Phi) is 2.22. The van der Waals surface area contributed by atoms with Gasteiger partial charge < -0.3 is 9.74 Å². The topological polar surface area (TPSA) is 49.6 Å². The van der Waals surface area contributed by atoms with Crippen LogP contribution in [0.5, 0.6) is 0 Å². The Hall–Kier alpha value is -1.72. The number of hydrogen-bond donors (Lipinski definition) is 0. The molecule has 3 heterocycles. The van der Waals surface area contributed by atoms with E-state index in [0.29, 0.717) is 6.54 Å². The van der Waals surface area contributed by atoms with Crippen LogP contribution in [0.4, 0.5) is 0 Å². The summed E-state index contributed by atoms with van der Waals surface area (Å²) in [5.74, 6) is -0.218. The molecule has 2 fully saturated rings. The minimum absolute atomic E-state index is 0.0428. The van der Waals surface area contributed by atoms with Gasteiger partial charge in [-0.2, -0.15) is 5.06 Å². The summed E-state index contributed by atoms with van der Waals surface area (Å²) >= 11 is 0. The molecular formula is C15H16N2O3. The lowest BCUT2D eigenvalue weighted by Crippen LogP contribution is -2.48. The molecule has 4 rings (SSSR count). The van der Waals surface area contributed by atoms with Crippen LogP contribution in [0, 0.1) is 0 Å². The van der Waals surface area contributed by atoms with Gasteiger partial charge in [-0.05, 0) is 24.5 Å². The lowest BCUT2D eigenvalue weighted by molar-refractivity contribution is -0.155. The number of piperazine rings is 1. The van der Waals surface area contributed by atoms with E-state index in [1.54, 1.807) is 5.06 Å². The van der Waals surface area contributed by atoms with Crippen molar-refractivity contribution in [3.8, 4) is 0 Å². The molecule has 1 amide bonds. The van der Waals surface area contributed by atoms with Gasteiger partial charge in [-0.3, -0.25) is 9.59 Å². The van der Waals surface area contributed by atoms with Crippen molar-refractivity contribution >= 4 is 11.7 Å². The molecule has 0 bridgehead atoms. The minimum Gasteiger partial charge on any atom is -0.331 e. The molecular weight excluding hydrogens is 256 g/mol. The Morgan fingerprint density at radius 1 is 1.35 bits per heavy atom. The van der Waals surface area contributed by atoms with Crippen LogP contribution in [0.1, 0.15) is 18.1 Å². The molecule has 0 spiro atoms. The maximum Gasteiger partial charge on any atom is 0.255 e. The summed E-state index contributed by atoms with van der Waals surface area (Å²) in [5.41, 5.74) is 1.39. The summed E-state index contributed by atoms with van der Waals surface area (Å²) in [6.07, 6.45) is 0.793. The van der Waals surface area contributed by atoms with E-state index >= 15 is 0 Å². The minimum atomic E-state index is -1.05. The van der Waals surface area contributed by atoms with Gasteiger partial charge in [0.05, 0.1) is 19.2 Å².